The number of fused-ring (bicyclic) bond motifs is 1. The largest absolute Gasteiger partial charge is 0.484 e. The molecule has 0 spiro atoms. The summed E-state index contributed by atoms with van der Waals surface area (Å²) in [6.07, 6.45) is 1.82. The number of nitrogens with zero attached hydrogens (tertiary/aromatic N) is 5. The minimum atomic E-state index is -0.276. The van der Waals surface area contributed by atoms with Crippen LogP contribution in [-0.4, -0.2) is 37.1 Å². The van der Waals surface area contributed by atoms with E-state index in [4.69, 9.17) is 4.74 Å². The van der Waals surface area contributed by atoms with Crippen LogP contribution in [0.15, 0.2) is 30.3 Å². The van der Waals surface area contributed by atoms with Crippen LogP contribution in [0.25, 0.3) is 0 Å². The van der Waals surface area contributed by atoms with E-state index in [1.54, 1.807) is 0 Å². The summed E-state index contributed by atoms with van der Waals surface area (Å²) in [7, 11) is 1.97. The maximum atomic E-state index is 12.1. The minimum Gasteiger partial charge on any atom is -0.484 e. The molecule has 8 nitrogen and oxygen atoms in total. The molecule has 0 saturated heterocycles. The van der Waals surface area contributed by atoms with E-state index in [1.165, 1.54) is 11.3 Å². The van der Waals surface area contributed by atoms with Gasteiger partial charge in [-0.05, 0) is 32.4 Å². The fourth-order valence-electron chi connectivity index (χ4n) is 3.80. The number of anilines is 1. The molecule has 0 bridgehead atoms. The lowest BCUT2D eigenvalue weighted by Gasteiger charge is -2.23. The van der Waals surface area contributed by atoms with E-state index in [9.17, 15) is 4.79 Å². The first-order valence-corrected chi connectivity index (χ1v) is 9.42. The van der Waals surface area contributed by atoms with Crippen molar-refractivity contribution in [2.24, 2.45) is 7.05 Å². The number of carbonyl (C=O) groups excluding carboxylic acids is 1. The number of nitrogens with one attached hydrogen (secondary N) is 1. The summed E-state index contributed by atoms with van der Waals surface area (Å²) < 4.78 is 9.29. The second kappa shape index (κ2) is 7.46. The lowest BCUT2D eigenvalue weighted by molar-refractivity contribution is -0.118. The van der Waals surface area contributed by atoms with Gasteiger partial charge >= 0.3 is 0 Å². The Labute approximate surface area is 163 Å². The van der Waals surface area contributed by atoms with Crippen LogP contribution in [-0.2, 0) is 24.8 Å². The molecule has 1 atom stereocenters. The Kier molecular flexibility index (Phi) is 4.85. The molecule has 3 aromatic rings. The van der Waals surface area contributed by atoms with Gasteiger partial charge in [0.25, 0.3) is 5.91 Å². The first-order valence-electron chi connectivity index (χ1n) is 9.42. The Morgan fingerprint density at radius 3 is 2.75 bits per heavy atom. The highest BCUT2D eigenvalue weighted by Crippen LogP contribution is 2.32. The molecule has 1 aromatic carbocycles. The number of para-hydroxylation sites is 1. The first kappa shape index (κ1) is 18.2. The van der Waals surface area contributed by atoms with Gasteiger partial charge in [-0.1, -0.05) is 18.2 Å². The highest BCUT2D eigenvalue weighted by molar-refractivity contribution is 5.90. The predicted molar refractivity (Wildman–Crippen MR) is 104 cm³/mol. The van der Waals surface area contributed by atoms with Crippen LogP contribution in [0.2, 0.25) is 0 Å². The van der Waals surface area contributed by atoms with Crippen LogP contribution in [0.1, 0.15) is 35.1 Å². The molecule has 3 heterocycles. The van der Waals surface area contributed by atoms with Crippen molar-refractivity contribution in [2.45, 2.75) is 39.2 Å². The monoisotopic (exact) mass is 380 g/mol. The Morgan fingerprint density at radius 2 is 2.04 bits per heavy atom. The second-order valence-corrected chi connectivity index (χ2v) is 7.13. The SMILES string of the molecule is Cc1nn(C)c(C)c1C1CCc2nc(NC(=O)COc3ccccc3)nn2C1. The third-order valence-corrected chi connectivity index (χ3v) is 5.20. The van der Waals surface area contributed by atoms with Crippen molar-refractivity contribution in [3.05, 3.63) is 53.1 Å². The number of hydrogen-bond donors (Lipinski definition) is 1. The van der Waals surface area contributed by atoms with E-state index in [0.717, 1.165) is 30.9 Å². The standard InChI is InChI=1S/C20H24N6O2/c1-13-19(14(2)25(3)23-13)15-9-10-17-21-20(24-26(17)11-15)22-18(27)12-28-16-7-5-4-6-8-16/h4-8,15H,9-12H2,1-3H3,(H,22,24,27). The van der Waals surface area contributed by atoms with Crippen LogP contribution < -0.4 is 10.1 Å². The zero-order valence-electron chi connectivity index (χ0n) is 16.3. The first-order chi connectivity index (χ1) is 13.5. The van der Waals surface area contributed by atoms with Crippen molar-refractivity contribution < 1.29 is 9.53 Å². The Bertz CT molecular complexity index is 992. The van der Waals surface area contributed by atoms with Crippen LogP contribution in [0, 0.1) is 13.8 Å². The molecule has 2 aromatic heterocycles. The minimum absolute atomic E-state index is 0.0788. The molecule has 1 unspecified atom stereocenters. The summed E-state index contributed by atoms with van der Waals surface area (Å²) in [5.74, 6) is 1.96. The van der Waals surface area contributed by atoms with Gasteiger partial charge in [0.05, 0.1) is 12.2 Å². The second-order valence-electron chi connectivity index (χ2n) is 7.13. The Balaban J connectivity index is 1.40. The highest BCUT2D eigenvalue weighted by atomic mass is 16.5. The van der Waals surface area contributed by atoms with Gasteiger partial charge in [-0.15, -0.1) is 5.10 Å². The van der Waals surface area contributed by atoms with Gasteiger partial charge in [-0.2, -0.15) is 10.1 Å². The molecule has 8 heteroatoms. The highest BCUT2D eigenvalue weighted by Gasteiger charge is 2.27. The van der Waals surface area contributed by atoms with Crippen LogP contribution in [0.3, 0.4) is 0 Å². The molecule has 0 saturated carbocycles. The summed E-state index contributed by atoms with van der Waals surface area (Å²) in [6.45, 7) is 4.82. The zero-order valence-corrected chi connectivity index (χ0v) is 16.3. The third kappa shape index (κ3) is 3.62. The van der Waals surface area contributed by atoms with Crippen molar-refractivity contribution in [3.63, 3.8) is 0 Å². The molecular formula is C20H24N6O2. The smallest absolute Gasteiger partial charge is 0.264 e. The van der Waals surface area contributed by atoms with Gasteiger partial charge in [-0.25, -0.2) is 4.68 Å². The Morgan fingerprint density at radius 1 is 1.25 bits per heavy atom. The van der Waals surface area contributed by atoms with E-state index in [1.807, 2.05) is 46.7 Å². The number of hydrogen-bond acceptors (Lipinski definition) is 5. The zero-order chi connectivity index (χ0) is 19.7. The average Bonchev–Trinajstić information content (AvgIpc) is 3.19. The summed E-state index contributed by atoms with van der Waals surface area (Å²) >= 11 is 0. The molecule has 1 amide bonds. The molecule has 0 radical (unpaired) electrons. The van der Waals surface area contributed by atoms with Gasteiger partial charge < -0.3 is 4.74 Å². The Hall–Kier alpha value is -3.16. The molecule has 1 N–H and O–H groups in total. The predicted octanol–water partition coefficient (Wildman–Crippen LogP) is 2.38. The van der Waals surface area contributed by atoms with E-state index in [2.05, 4.69) is 34.3 Å². The number of carbonyl (C=O) groups is 1. The number of rotatable bonds is 5. The molecule has 1 aliphatic rings. The topological polar surface area (TPSA) is 86.9 Å². The molecule has 28 heavy (non-hydrogen) atoms. The maximum absolute atomic E-state index is 12.1. The lowest BCUT2D eigenvalue weighted by Crippen LogP contribution is -2.21. The molecule has 146 valence electrons. The van der Waals surface area contributed by atoms with Gasteiger partial charge in [0, 0.05) is 30.6 Å². The van der Waals surface area contributed by atoms with Crippen LogP contribution >= 0.6 is 0 Å². The van der Waals surface area contributed by atoms with Crippen molar-refractivity contribution >= 4 is 11.9 Å². The summed E-state index contributed by atoms with van der Waals surface area (Å²) in [6, 6.07) is 9.24. The van der Waals surface area contributed by atoms with Gasteiger partial charge in [-0.3, -0.25) is 14.8 Å². The van der Waals surface area contributed by atoms with Crippen molar-refractivity contribution in [1.82, 2.24) is 24.5 Å². The lowest BCUT2D eigenvalue weighted by atomic mass is 9.90. The molecular weight excluding hydrogens is 356 g/mol. The fraction of sp³-hybridized carbons (Fsp3) is 0.400. The van der Waals surface area contributed by atoms with Crippen molar-refractivity contribution in [1.29, 1.82) is 0 Å². The van der Waals surface area contributed by atoms with Crippen molar-refractivity contribution in [3.8, 4) is 5.75 Å². The van der Waals surface area contributed by atoms with Gasteiger partial charge in [0.15, 0.2) is 6.61 Å². The van der Waals surface area contributed by atoms with E-state index in [-0.39, 0.29) is 12.5 Å². The quantitative estimate of drug-likeness (QED) is 0.734. The number of aryl methyl sites for hydroxylation is 3. The van der Waals surface area contributed by atoms with Crippen LogP contribution in [0.4, 0.5) is 5.95 Å². The van der Waals surface area contributed by atoms with Crippen LogP contribution in [0.5, 0.6) is 5.75 Å². The average molecular weight is 380 g/mol. The summed E-state index contributed by atoms with van der Waals surface area (Å²) in [5.41, 5.74) is 3.56. The van der Waals surface area contributed by atoms with E-state index >= 15 is 0 Å². The summed E-state index contributed by atoms with van der Waals surface area (Å²) in [5, 5.41) is 11.7. The number of benzene rings is 1. The number of aromatic nitrogens is 5. The van der Waals surface area contributed by atoms with Gasteiger partial charge in [0.2, 0.25) is 5.95 Å². The number of ether oxygens (including phenoxy) is 1. The molecule has 1 aliphatic heterocycles. The normalized spacial score (nSPS) is 15.9. The molecule has 0 fully saturated rings. The van der Waals surface area contributed by atoms with E-state index < -0.39 is 0 Å². The van der Waals surface area contributed by atoms with Crippen molar-refractivity contribution in [2.75, 3.05) is 11.9 Å². The molecule has 0 aliphatic carbocycles. The number of amides is 1. The maximum Gasteiger partial charge on any atom is 0.264 e. The summed E-state index contributed by atoms with van der Waals surface area (Å²) in [4.78, 5) is 16.6. The van der Waals surface area contributed by atoms with Gasteiger partial charge in [0.1, 0.15) is 11.6 Å². The molecule has 4 rings (SSSR count). The third-order valence-electron chi connectivity index (χ3n) is 5.20. The fourth-order valence-corrected chi connectivity index (χ4v) is 3.80. The van der Waals surface area contributed by atoms with E-state index in [0.29, 0.717) is 17.6 Å².